The quantitative estimate of drug-likeness (QED) is 0.865. The zero-order valence-electron chi connectivity index (χ0n) is 14.5. The molecule has 0 aliphatic carbocycles. The number of fused-ring (bicyclic) bond motifs is 1. The first-order chi connectivity index (χ1) is 11.9. The van der Waals surface area contributed by atoms with Crippen molar-refractivity contribution in [3.8, 4) is 0 Å². The normalized spacial score (nSPS) is 17.8. The van der Waals surface area contributed by atoms with Gasteiger partial charge in [0, 0.05) is 11.1 Å². The van der Waals surface area contributed by atoms with E-state index in [1.807, 2.05) is 32.0 Å². The molecule has 2 aromatic rings. The fraction of sp³-hybridized carbons (Fsp3) is 0.300. The molecule has 0 radical (unpaired) electrons. The molecule has 0 spiro atoms. The van der Waals surface area contributed by atoms with Gasteiger partial charge >= 0.3 is 11.9 Å². The Bertz CT molecular complexity index is 799. The van der Waals surface area contributed by atoms with Crippen molar-refractivity contribution in [1.82, 2.24) is 0 Å². The van der Waals surface area contributed by atoms with Crippen LogP contribution >= 0.6 is 0 Å². The minimum atomic E-state index is -0.461. The van der Waals surface area contributed by atoms with Crippen LogP contribution in [0.1, 0.15) is 40.1 Å². The van der Waals surface area contributed by atoms with E-state index < -0.39 is 6.23 Å². The molecule has 5 heteroatoms. The number of ether oxygens (including phenoxy) is 2. The molecule has 3 rings (SSSR count). The Balaban J connectivity index is 1.82. The Labute approximate surface area is 147 Å². The lowest BCUT2D eigenvalue weighted by Crippen LogP contribution is -2.44. The molecule has 0 bridgehead atoms. The van der Waals surface area contributed by atoms with Crippen LogP contribution in [-0.4, -0.2) is 25.3 Å². The predicted octanol–water partition coefficient (Wildman–Crippen LogP) is 3.65. The minimum Gasteiger partial charge on any atom is -0.465 e. The number of nitrogens with one attached hydrogen (secondary N) is 1. The standard InChI is InChI=1S/C20H21NO4/c1-20(2)12-15-11-14(17(22)24-3)9-10-16(15)21-19(20)25-18(23)13-7-5-4-6-8-13/h4-11,19,21H,12H2,1-3H3. The summed E-state index contributed by atoms with van der Waals surface area (Å²) in [6.07, 6.45) is 0.212. The summed E-state index contributed by atoms with van der Waals surface area (Å²) >= 11 is 0. The zero-order chi connectivity index (χ0) is 18.0. The summed E-state index contributed by atoms with van der Waals surface area (Å²) in [4.78, 5) is 24.1. The summed E-state index contributed by atoms with van der Waals surface area (Å²) < 4.78 is 10.5. The summed E-state index contributed by atoms with van der Waals surface area (Å²) in [7, 11) is 1.36. The number of rotatable bonds is 3. The number of methoxy groups -OCH3 is 1. The van der Waals surface area contributed by atoms with Crippen molar-refractivity contribution in [2.45, 2.75) is 26.5 Å². The van der Waals surface area contributed by atoms with Crippen LogP contribution in [0.3, 0.4) is 0 Å². The molecule has 0 saturated carbocycles. The number of benzene rings is 2. The highest BCUT2D eigenvalue weighted by Crippen LogP contribution is 2.38. The Hall–Kier alpha value is -2.82. The molecular formula is C20H21NO4. The van der Waals surface area contributed by atoms with Crippen molar-refractivity contribution < 1.29 is 19.1 Å². The Morgan fingerprint density at radius 1 is 1.04 bits per heavy atom. The first-order valence-corrected chi connectivity index (χ1v) is 8.14. The summed E-state index contributed by atoms with van der Waals surface area (Å²) in [5, 5.41) is 3.28. The first-order valence-electron chi connectivity index (χ1n) is 8.14. The van der Waals surface area contributed by atoms with Crippen molar-refractivity contribution in [3.05, 3.63) is 65.2 Å². The second-order valence-electron chi connectivity index (χ2n) is 6.82. The lowest BCUT2D eigenvalue weighted by molar-refractivity contribution is 0.00138. The van der Waals surface area contributed by atoms with Gasteiger partial charge in [0.2, 0.25) is 0 Å². The lowest BCUT2D eigenvalue weighted by Gasteiger charge is -2.40. The second kappa shape index (κ2) is 6.59. The molecule has 2 aromatic carbocycles. The van der Waals surface area contributed by atoms with Crippen LogP contribution in [0.15, 0.2) is 48.5 Å². The maximum Gasteiger partial charge on any atom is 0.340 e. The van der Waals surface area contributed by atoms with Crippen LogP contribution in [0.25, 0.3) is 0 Å². The van der Waals surface area contributed by atoms with E-state index in [4.69, 9.17) is 9.47 Å². The molecule has 130 valence electrons. The van der Waals surface area contributed by atoms with Crippen LogP contribution in [0.2, 0.25) is 0 Å². The van der Waals surface area contributed by atoms with Crippen LogP contribution < -0.4 is 5.32 Å². The van der Waals surface area contributed by atoms with Gasteiger partial charge in [0.05, 0.1) is 18.2 Å². The maximum absolute atomic E-state index is 12.4. The SMILES string of the molecule is COC(=O)c1ccc2c(c1)CC(C)(C)C(OC(=O)c1ccccc1)N2. The van der Waals surface area contributed by atoms with Crippen molar-refractivity contribution in [2.24, 2.45) is 5.41 Å². The number of hydrogen-bond acceptors (Lipinski definition) is 5. The third kappa shape index (κ3) is 3.50. The van der Waals surface area contributed by atoms with E-state index in [1.165, 1.54) is 7.11 Å². The van der Waals surface area contributed by atoms with Gasteiger partial charge in [-0.15, -0.1) is 0 Å². The molecule has 5 nitrogen and oxygen atoms in total. The topological polar surface area (TPSA) is 64.6 Å². The largest absolute Gasteiger partial charge is 0.465 e. The summed E-state index contributed by atoms with van der Waals surface area (Å²) in [6, 6.07) is 14.3. The third-order valence-electron chi connectivity index (χ3n) is 4.40. The monoisotopic (exact) mass is 339 g/mol. The van der Waals surface area contributed by atoms with E-state index in [2.05, 4.69) is 5.32 Å². The molecule has 0 fully saturated rings. The van der Waals surface area contributed by atoms with Crippen LogP contribution in [0.5, 0.6) is 0 Å². The highest BCUT2D eigenvalue weighted by Gasteiger charge is 2.38. The molecule has 1 aliphatic heterocycles. The smallest absolute Gasteiger partial charge is 0.340 e. The second-order valence-corrected chi connectivity index (χ2v) is 6.82. The molecule has 0 amide bonds. The molecule has 1 aliphatic rings. The third-order valence-corrected chi connectivity index (χ3v) is 4.40. The number of anilines is 1. The fourth-order valence-corrected chi connectivity index (χ4v) is 2.98. The van der Waals surface area contributed by atoms with E-state index in [0.717, 1.165) is 11.3 Å². The maximum atomic E-state index is 12.4. The molecule has 0 saturated heterocycles. The van der Waals surface area contributed by atoms with Gasteiger partial charge in [-0.25, -0.2) is 9.59 Å². The van der Waals surface area contributed by atoms with Gasteiger partial charge in [-0.2, -0.15) is 0 Å². The minimum absolute atomic E-state index is 0.327. The number of carbonyl (C=O) groups is 2. The Kier molecular flexibility index (Phi) is 4.49. The Morgan fingerprint density at radius 2 is 1.76 bits per heavy atom. The van der Waals surface area contributed by atoms with Gasteiger partial charge in [0.1, 0.15) is 0 Å². The first kappa shape index (κ1) is 17.0. The predicted molar refractivity (Wildman–Crippen MR) is 94.5 cm³/mol. The van der Waals surface area contributed by atoms with Gasteiger partial charge < -0.3 is 14.8 Å². The van der Waals surface area contributed by atoms with Crippen LogP contribution in [-0.2, 0) is 15.9 Å². The molecular weight excluding hydrogens is 318 g/mol. The van der Waals surface area contributed by atoms with Crippen molar-refractivity contribution in [3.63, 3.8) is 0 Å². The number of hydrogen-bond donors (Lipinski definition) is 1. The summed E-state index contributed by atoms with van der Waals surface area (Å²) in [6.45, 7) is 4.05. The molecule has 1 heterocycles. The molecule has 25 heavy (non-hydrogen) atoms. The summed E-state index contributed by atoms with van der Waals surface area (Å²) in [5.74, 6) is -0.723. The van der Waals surface area contributed by atoms with Gasteiger partial charge in [-0.05, 0) is 42.3 Å². The lowest BCUT2D eigenvalue weighted by atomic mass is 9.80. The van der Waals surface area contributed by atoms with E-state index in [9.17, 15) is 9.59 Å². The molecule has 1 N–H and O–H groups in total. The van der Waals surface area contributed by atoms with Gasteiger partial charge in [-0.3, -0.25) is 0 Å². The fourth-order valence-electron chi connectivity index (χ4n) is 2.98. The number of esters is 2. The van der Waals surface area contributed by atoms with Gasteiger partial charge in [0.15, 0.2) is 6.23 Å². The molecule has 0 aromatic heterocycles. The van der Waals surface area contributed by atoms with Crippen LogP contribution in [0.4, 0.5) is 5.69 Å². The molecule has 1 atom stereocenters. The van der Waals surface area contributed by atoms with Gasteiger partial charge in [-0.1, -0.05) is 32.0 Å². The zero-order valence-corrected chi connectivity index (χ0v) is 14.5. The highest BCUT2D eigenvalue weighted by molar-refractivity contribution is 5.91. The van der Waals surface area contributed by atoms with E-state index >= 15 is 0 Å². The van der Waals surface area contributed by atoms with E-state index in [1.54, 1.807) is 30.3 Å². The van der Waals surface area contributed by atoms with Gasteiger partial charge in [0.25, 0.3) is 0 Å². The van der Waals surface area contributed by atoms with Crippen molar-refractivity contribution in [1.29, 1.82) is 0 Å². The van der Waals surface area contributed by atoms with Crippen molar-refractivity contribution in [2.75, 3.05) is 12.4 Å². The van der Waals surface area contributed by atoms with E-state index in [-0.39, 0.29) is 17.4 Å². The van der Waals surface area contributed by atoms with Crippen LogP contribution in [0, 0.1) is 5.41 Å². The average molecular weight is 339 g/mol. The van der Waals surface area contributed by atoms with E-state index in [0.29, 0.717) is 17.5 Å². The highest BCUT2D eigenvalue weighted by atomic mass is 16.6. The Morgan fingerprint density at radius 3 is 2.44 bits per heavy atom. The average Bonchev–Trinajstić information content (AvgIpc) is 2.61. The molecule has 1 unspecified atom stereocenters. The van der Waals surface area contributed by atoms with Crippen molar-refractivity contribution >= 4 is 17.6 Å². The summed E-state index contributed by atoms with van der Waals surface area (Å²) in [5.41, 5.74) is 2.56. The number of carbonyl (C=O) groups excluding carboxylic acids is 2.